The Hall–Kier alpha value is -1.97. The molecule has 1 aliphatic carbocycles. The number of aromatic nitrogens is 3. The van der Waals surface area contributed by atoms with Gasteiger partial charge in [-0.15, -0.1) is 0 Å². The van der Waals surface area contributed by atoms with Crippen LogP contribution in [0.3, 0.4) is 0 Å². The Morgan fingerprint density at radius 2 is 2.05 bits per heavy atom. The Kier molecular flexibility index (Phi) is 3.63. The molecule has 0 aromatic carbocycles. The minimum atomic E-state index is 0.615. The molecule has 20 heavy (non-hydrogen) atoms. The second-order valence-corrected chi connectivity index (χ2v) is 5.37. The number of rotatable bonds is 5. The van der Waals surface area contributed by atoms with Crippen LogP contribution in [0.25, 0.3) is 11.5 Å². The number of anilines is 1. The first-order valence-electron chi connectivity index (χ1n) is 7.33. The summed E-state index contributed by atoms with van der Waals surface area (Å²) in [5, 5.41) is 3.36. The van der Waals surface area contributed by atoms with Gasteiger partial charge in [-0.3, -0.25) is 0 Å². The highest BCUT2D eigenvalue weighted by Crippen LogP contribution is 2.40. The van der Waals surface area contributed by atoms with Crippen molar-refractivity contribution in [2.24, 2.45) is 0 Å². The van der Waals surface area contributed by atoms with Crippen LogP contribution in [0.1, 0.15) is 43.5 Å². The number of aryl methyl sites for hydroxylation is 1. The molecule has 0 atom stereocenters. The molecule has 0 saturated heterocycles. The molecule has 104 valence electrons. The summed E-state index contributed by atoms with van der Waals surface area (Å²) in [7, 11) is 0. The highest BCUT2D eigenvalue weighted by molar-refractivity contribution is 5.54. The van der Waals surface area contributed by atoms with Gasteiger partial charge in [0.1, 0.15) is 11.5 Å². The summed E-state index contributed by atoms with van der Waals surface area (Å²) in [4.78, 5) is 13.8. The van der Waals surface area contributed by atoms with Crippen molar-refractivity contribution in [3.8, 4) is 11.5 Å². The molecule has 0 aliphatic heterocycles. The zero-order valence-corrected chi connectivity index (χ0v) is 12.1. The molecule has 0 bridgehead atoms. The summed E-state index contributed by atoms with van der Waals surface area (Å²) in [5.74, 6) is 2.27. The SMILES string of the molecule is CCCNc1cc(C2CC2)nc(-c2cccc(C)n2)n1. The Bertz CT molecular complexity index is 605. The van der Waals surface area contributed by atoms with E-state index in [0.717, 1.165) is 41.7 Å². The lowest BCUT2D eigenvalue weighted by Crippen LogP contribution is -2.06. The van der Waals surface area contributed by atoms with E-state index >= 15 is 0 Å². The van der Waals surface area contributed by atoms with Gasteiger partial charge in [-0.2, -0.15) is 0 Å². The molecule has 1 saturated carbocycles. The van der Waals surface area contributed by atoms with Crippen molar-refractivity contribution < 1.29 is 0 Å². The molecule has 0 unspecified atom stereocenters. The van der Waals surface area contributed by atoms with Crippen LogP contribution in [0.4, 0.5) is 5.82 Å². The van der Waals surface area contributed by atoms with Crippen LogP contribution in [0.2, 0.25) is 0 Å². The normalized spacial score (nSPS) is 14.3. The first-order chi connectivity index (χ1) is 9.76. The topological polar surface area (TPSA) is 50.7 Å². The quantitative estimate of drug-likeness (QED) is 0.901. The summed E-state index contributed by atoms with van der Waals surface area (Å²) in [5.41, 5.74) is 3.00. The van der Waals surface area contributed by atoms with Crippen LogP contribution >= 0.6 is 0 Å². The molecule has 0 radical (unpaired) electrons. The largest absolute Gasteiger partial charge is 0.370 e. The summed E-state index contributed by atoms with van der Waals surface area (Å²) < 4.78 is 0. The summed E-state index contributed by atoms with van der Waals surface area (Å²) in [6, 6.07) is 8.06. The second kappa shape index (κ2) is 5.57. The monoisotopic (exact) mass is 268 g/mol. The molecular weight excluding hydrogens is 248 g/mol. The lowest BCUT2D eigenvalue weighted by molar-refractivity contribution is 0.944. The van der Waals surface area contributed by atoms with Gasteiger partial charge < -0.3 is 5.32 Å². The van der Waals surface area contributed by atoms with E-state index in [0.29, 0.717) is 5.92 Å². The van der Waals surface area contributed by atoms with Gasteiger partial charge in [0, 0.05) is 29.9 Å². The molecule has 2 aromatic rings. The Labute approximate surface area is 119 Å². The van der Waals surface area contributed by atoms with Crippen molar-refractivity contribution in [3.63, 3.8) is 0 Å². The maximum absolute atomic E-state index is 4.70. The molecule has 4 nitrogen and oxygen atoms in total. The van der Waals surface area contributed by atoms with Gasteiger partial charge in [0.05, 0.1) is 0 Å². The first-order valence-corrected chi connectivity index (χ1v) is 7.33. The van der Waals surface area contributed by atoms with Crippen LogP contribution < -0.4 is 5.32 Å². The highest BCUT2D eigenvalue weighted by Gasteiger charge is 2.26. The maximum atomic E-state index is 4.70. The number of pyridine rings is 1. The van der Waals surface area contributed by atoms with Gasteiger partial charge in [0.25, 0.3) is 0 Å². The van der Waals surface area contributed by atoms with Crippen molar-refractivity contribution in [2.75, 3.05) is 11.9 Å². The number of hydrogen-bond donors (Lipinski definition) is 1. The molecule has 1 N–H and O–H groups in total. The molecule has 0 amide bonds. The maximum Gasteiger partial charge on any atom is 0.180 e. The third-order valence-electron chi connectivity index (χ3n) is 3.42. The van der Waals surface area contributed by atoms with Crippen molar-refractivity contribution >= 4 is 5.82 Å². The fourth-order valence-electron chi connectivity index (χ4n) is 2.18. The number of nitrogens with zero attached hydrogens (tertiary/aromatic N) is 3. The smallest absolute Gasteiger partial charge is 0.180 e. The first kappa shape index (κ1) is 13.0. The Balaban J connectivity index is 1.98. The van der Waals surface area contributed by atoms with E-state index in [2.05, 4.69) is 28.3 Å². The lowest BCUT2D eigenvalue weighted by Gasteiger charge is -2.09. The van der Waals surface area contributed by atoms with Gasteiger partial charge >= 0.3 is 0 Å². The zero-order valence-electron chi connectivity index (χ0n) is 12.1. The Morgan fingerprint density at radius 3 is 2.75 bits per heavy atom. The second-order valence-electron chi connectivity index (χ2n) is 5.37. The average molecular weight is 268 g/mol. The molecule has 3 rings (SSSR count). The van der Waals surface area contributed by atoms with E-state index in [9.17, 15) is 0 Å². The van der Waals surface area contributed by atoms with Crippen LogP contribution in [0, 0.1) is 6.92 Å². The summed E-state index contributed by atoms with van der Waals surface area (Å²) in [6.07, 6.45) is 3.57. The minimum Gasteiger partial charge on any atom is -0.370 e. The van der Waals surface area contributed by atoms with Crippen molar-refractivity contribution in [3.05, 3.63) is 35.7 Å². The van der Waals surface area contributed by atoms with Crippen molar-refractivity contribution in [2.45, 2.75) is 39.0 Å². The van der Waals surface area contributed by atoms with Crippen LogP contribution in [0.5, 0.6) is 0 Å². The van der Waals surface area contributed by atoms with Gasteiger partial charge in [0.2, 0.25) is 0 Å². The molecule has 2 aromatic heterocycles. The minimum absolute atomic E-state index is 0.615. The summed E-state index contributed by atoms with van der Waals surface area (Å²) >= 11 is 0. The molecular formula is C16H20N4. The van der Waals surface area contributed by atoms with E-state index in [1.807, 2.05) is 25.1 Å². The van der Waals surface area contributed by atoms with E-state index in [1.54, 1.807) is 0 Å². The van der Waals surface area contributed by atoms with Crippen molar-refractivity contribution in [1.29, 1.82) is 0 Å². The van der Waals surface area contributed by atoms with Crippen LogP contribution in [0.15, 0.2) is 24.3 Å². The zero-order chi connectivity index (χ0) is 13.9. The molecule has 2 heterocycles. The van der Waals surface area contributed by atoms with E-state index < -0.39 is 0 Å². The summed E-state index contributed by atoms with van der Waals surface area (Å²) in [6.45, 7) is 5.07. The third-order valence-corrected chi connectivity index (χ3v) is 3.42. The number of hydrogen-bond acceptors (Lipinski definition) is 4. The van der Waals surface area contributed by atoms with E-state index in [1.165, 1.54) is 12.8 Å². The van der Waals surface area contributed by atoms with Crippen molar-refractivity contribution in [1.82, 2.24) is 15.0 Å². The van der Waals surface area contributed by atoms with Gasteiger partial charge in [0.15, 0.2) is 5.82 Å². The van der Waals surface area contributed by atoms with Crippen LogP contribution in [-0.4, -0.2) is 21.5 Å². The van der Waals surface area contributed by atoms with E-state index in [-0.39, 0.29) is 0 Å². The fraction of sp³-hybridized carbons (Fsp3) is 0.438. The van der Waals surface area contributed by atoms with Gasteiger partial charge in [-0.25, -0.2) is 15.0 Å². The molecule has 4 heteroatoms. The van der Waals surface area contributed by atoms with E-state index in [4.69, 9.17) is 4.98 Å². The van der Waals surface area contributed by atoms with Crippen LogP contribution in [-0.2, 0) is 0 Å². The average Bonchev–Trinajstić information content (AvgIpc) is 3.29. The number of nitrogens with one attached hydrogen (secondary N) is 1. The predicted octanol–water partition coefficient (Wildman–Crippen LogP) is 3.55. The molecule has 1 fully saturated rings. The van der Waals surface area contributed by atoms with Gasteiger partial charge in [-0.1, -0.05) is 13.0 Å². The fourth-order valence-corrected chi connectivity index (χ4v) is 2.18. The lowest BCUT2D eigenvalue weighted by atomic mass is 10.2. The third kappa shape index (κ3) is 2.95. The Morgan fingerprint density at radius 1 is 1.20 bits per heavy atom. The highest BCUT2D eigenvalue weighted by atomic mass is 15.0. The molecule has 0 spiro atoms. The van der Waals surface area contributed by atoms with Gasteiger partial charge in [-0.05, 0) is 38.3 Å². The standard InChI is InChI=1S/C16H20N4/c1-3-9-17-15-10-14(12-7-8-12)19-16(20-15)13-6-4-5-11(2)18-13/h4-6,10,12H,3,7-9H2,1-2H3,(H,17,19,20). The molecule has 1 aliphatic rings. The predicted molar refractivity (Wildman–Crippen MR) is 80.8 cm³/mol.